The summed E-state index contributed by atoms with van der Waals surface area (Å²) in [6.07, 6.45) is 1.60. The second kappa shape index (κ2) is 6.76. The van der Waals surface area contributed by atoms with Crippen LogP contribution in [0.15, 0.2) is 42.7 Å². The Morgan fingerprint density at radius 1 is 1.15 bits per heavy atom. The highest BCUT2D eigenvalue weighted by Crippen LogP contribution is 2.26. The minimum Gasteiger partial charge on any atom is -0.388 e. The van der Waals surface area contributed by atoms with Crippen LogP contribution in [0.25, 0.3) is 21.9 Å². The van der Waals surface area contributed by atoms with Gasteiger partial charge in [0.25, 0.3) is 0 Å². The zero-order valence-corrected chi connectivity index (χ0v) is 15.5. The Bertz CT molecular complexity index is 1130. The first-order valence-corrected chi connectivity index (χ1v) is 8.98. The van der Waals surface area contributed by atoms with Crippen LogP contribution < -0.4 is 10.6 Å². The standard InChI is InChI=1S/C19H20N6S/c1-3-25-17-9-15-14(8-16(17)24-19(25)26)18(23-11-22-15)21-10-12-4-6-13(20-2)7-5-12/h4-9,11,20H,3,10H2,1-2H3,(H,24,26)(H,21,22,23). The summed E-state index contributed by atoms with van der Waals surface area (Å²) < 4.78 is 2.80. The van der Waals surface area contributed by atoms with Gasteiger partial charge in [-0.1, -0.05) is 12.1 Å². The van der Waals surface area contributed by atoms with Gasteiger partial charge < -0.3 is 20.2 Å². The number of aromatic nitrogens is 4. The minimum absolute atomic E-state index is 0.695. The Labute approximate surface area is 156 Å². The number of nitrogens with zero attached hydrogens (tertiary/aromatic N) is 3. The first kappa shape index (κ1) is 16.5. The zero-order valence-electron chi connectivity index (χ0n) is 14.7. The van der Waals surface area contributed by atoms with Crippen molar-refractivity contribution >= 4 is 45.7 Å². The van der Waals surface area contributed by atoms with Crippen molar-refractivity contribution in [2.75, 3.05) is 17.7 Å². The van der Waals surface area contributed by atoms with Gasteiger partial charge in [0.05, 0.1) is 16.6 Å². The van der Waals surface area contributed by atoms with E-state index in [1.807, 2.05) is 7.05 Å². The molecule has 2 heterocycles. The summed E-state index contributed by atoms with van der Waals surface area (Å²) in [5.41, 5.74) is 5.25. The van der Waals surface area contributed by atoms with Gasteiger partial charge in [-0.25, -0.2) is 9.97 Å². The van der Waals surface area contributed by atoms with Gasteiger partial charge in [-0.2, -0.15) is 0 Å². The minimum atomic E-state index is 0.695. The average Bonchev–Trinajstić information content (AvgIpc) is 2.98. The van der Waals surface area contributed by atoms with Crippen molar-refractivity contribution in [1.29, 1.82) is 0 Å². The highest BCUT2D eigenvalue weighted by Gasteiger charge is 2.09. The highest BCUT2D eigenvalue weighted by molar-refractivity contribution is 7.71. The van der Waals surface area contributed by atoms with Crippen LogP contribution in [0, 0.1) is 4.77 Å². The van der Waals surface area contributed by atoms with E-state index in [1.54, 1.807) is 6.33 Å². The molecule has 0 amide bonds. The molecule has 4 rings (SSSR count). The van der Waals surface area contributed by atoms with Gasteiger partial charge in [-0.3, -0.25) is 0 Å². The van der Waals surface area contributed by atoms with Gasteiger partial charge in [-0.05, 0) is 49.0 Å². The number of aromatic amines is 1. The molecule has 4 aromatic rings. The van der Waals surface area contributed by atoms with E-state index < -0.39 is 0 Å². The molecule has 26 heavy (non-hydrogen) atoms. The summed E-state index contributed by atoms with van der Waals surface area (Å²) in [4.78, 5) is 12.1. The zero-order chi connectivity index (χ0) is 18.1. The molecule has 0 bridgehead atoms. The molecular formula is C19H20N6S. The number of imidazole rings is 1. The molecule has 0 aliphatic heterocycles. The lowest BCUT2D eigenvalue weighted by molar-refractivity contribution is 0.774. The van der Waals surface area contributed by atoms with E-state index in [9.17, 15) is 0 Å². The van der Waals surface area contributed by atoms with Crippen LogP contribution in [0.5, 0.6) is 0 Å². The molecule has 0 fully saturated rings. The van der Waals surface area contributed by atoms with E-state index in [2.05, 4.69) is 73.5 Å². The van der Waals surface area contributed by atoms with E-state index in [4.69, 9.17) is 12.2 Å². The SMILES string of the molecule is CCn1c(=S)[nH]c2cc3c(NCc4ccc(NC)cc4)ncnc3cc21. The predicted octanol–water partition coefficient (Wildman–Crippen LogP) is 4.32. The molecule has 0 unspecified atom stereocenters. The number of hydrogen-bond donors (Lipinski definition) is 3. The second-order valence-corrected chi connectivity index (χ2v) is 6.47. The first-order chi connectivity index (χ1) is 12.7. The highest BCUT2D eigenvalue weighted by atomic mass is 32.1. The first-order valence-electron chi connectivity index (χ1n) is 8.57. The Balaban J connectivity index is 1.70. The number of rotatable bonds is 5. The van der Waals surface area contributed by atoms with Crippen LogP contribution >= 0.6 is 12.2 Å². The van der Waals surface area contributed by atoms with Crippen LogP contribution in [0.4, 0.5) is 11.5 Å². The molecule has 0 radical (unpaired) electrons. The van der Waals surface area contributed by atoms with Crippen molar-refractivity contribution in [3.8, 4) is 0 Å². The number of benzene rings is 2. The van der Waals surface area contributed by atoms with Crippen molar-refractivity contribution in [2.45, 2.75) is 20.0 Å². The van der Waals surface area contributed by atoms with E-state index in [0.717, 1.165) is 44.8 Å². The summed E-state index contributed by atoms with van der Waals surface area (Å²) in [6.45, 7) is 3.60. The summed E-state index contributed by atoms with van der Waals surface area (Å²) in [5.74, 6) is 0.818. The molecule has 6 nitrogen and oxygen atoms in total. The number of aryl methyl sites for hydroxylation is 1. The molecule has 0 spiro atoms. The Morgan fingerprint density at radius 3 is 2.69 bits per heavy atom. The van der Waals surface area contributed by atoms with Crippen molar-refractivity contribution in [2.24, 2.45) is 0 Å². The third kappa shape index (κ3) is 2.90. The Hall–Kier alpha value is -2.93. The van der Waals surface area contributed by atoms with Gasteiger partial charge >= 0.3 is 0 Å². The lowest BCUT2D eigenvalue weighted by Crippen LogP contribution is -2.03. The fourth-order valence-corrected chi connectivity index (χ4v) is 3.47. The normalized spacial score (nSPS) is 11.2. The summed E-state index contributed by atoms with van der Waals surface area (Å²) in [6, 6.07) is 12.4. The van der Waals surface area contributed by atoms with E-state index in [-0.39, 0.29) is 0 Å². The number of fused-ring (bicyclic) bond motifs is 2. The molecule has 2 aromatic heterocycles. The molecule has 7 heteroatoms. The van der Waals surface area contributed by atoms with E-state index >= 15 is 0 Å². The Morgan fingerprint density at radius 2 is 1.96 bits per heavy atom. The molecule has 0 aliphatic carbocycles. The molecule has 132 valence electrons. The molecule has 0 saturated carbocycles. The maximum absolute atomic E-state index is 5.41. The maximum atomic E-state index is 5.41. The van der Waals surface area contributed by atoms with Crippen molar-refractivity contribution in [3.63, 3.8) is 0 Å². The van der Waals surface area contributed by atoms with Gasteiger partial charge in [0.2, 0.25) is 0 Å². The van der Waals surface area contributed by atoms with Crippen molar-refractivity contribution in [3.05, 3.63) is 53.1 Å². The maximum Gasteiger partial charge on any atom is 0.178 e. The molecule has 0 aliphatic rings. The van der Waals surface area contributed by atoms with E-state index in [1.165, 1.54) is 5.56 Å². The number of anilines is 2. The van der Waals surface area contributed by atoms with Crippen LogP contribution in [0.1, 0.15) is 12.5 Å². The topological polar surface area (TPSA) is 70.6 Å². The lowest BCUT2D eigenvalue weighted by Gasteiger charge is -2.09. The van der Waals surface area contributed by atoms with Gasteiger partial charge in [0.15, 0.2) is 4.77 Å². The van der Waals surface area contributed by atoms with E-state index in [0.29, 0.717) is 6.54 Å². The molecule has 3 N–H and O–H groups in total. The van der Waals surface area contributed by atoms with Crippen molar-refractivity contribution in [1.82, 2.24) is 19.5 Å². The molecule has 0 atom stereocenters. The molecular weight excluding hydrogens is 344 g/mol. The number of H-pyrrole nitrogens is 1. The predicted molar refractivity (Wildman–Crippen MR) is 109 cm³/mol. The summed E-state index contributed by atoms with van der Waals surface area (Å²) in [5, 5.41) is 7.53. The smallest absolute Gasteiger partial charge is 0.178 e. The number of hydrogen-bond acceptors (Lipinski definition) is 5. The van der Waals surface area contributed by atoms with Gasteiger partial charge in [0.1, 0.15) is 12.1 Å². The largest absolute Gasteiger partial charge is 0.388 e. The third-order valence-electron chi connectivity index (χ3n) is 4.55. The number of nitrogens with one attached hydrogen (secondary N) is 3. The average molecular weight is 364 g/mol. The molecule has 2 aromatic carbocycles. The second-order valence-electron chi connectivity index (χ2n) is 6.08. The quantitative estimate of drug-likeness (QED) is 0.460. The van der Waals surface area contributed by atoms with Crippen LogP contribution in [0.2, 0.25) is 0 Å². The lowest BCUT2D eigenvalue weighted by atomic mass is 10.2. The fraction of sp³-hybridized carbons (Fsp3) is 0.211. The summed E-state index contributed by atoms with van der Waals surface area (Å²) in [7, 11) is 1.91. The van der Waals surface area contributed by atoms with Gasteiger partial charge in [0, 0.05) is 31.2 Å². The van der Waals surface area contributed by atoms with Crippen molar-refractivity contribution < 1.29 is 0 Å². The Kier molecular flexibility index (Phi) is 4.30. The van der Waals surface area contributed by atoms with Gasteiger partial charge in [-0.15, -0.1) is 0 Å². The van der Waals surface area contributed by atoms with Crippen LogP contribution in [-0.2, 0) is 13.1 Å². The third-order valence-corrected chi connectivity index (χ3v) is 4.87. The monoisotopic (exact) mass is 364 g/mol. The molecule has 0 saturated heterocycles. The fourth-order valence-electron chi connectivity index (χ4n) is 3.14. The van der Waals surface area contributed by atoms with Crippen LogP contribution in [0.3, 0.4) is 0 Å². The van der Waals surface area contributed by atoms with Crippen LogP contribution in [-0.4, -0.2) is 26.6 Å². The summed E-state index contributed by atoms with van der Waals surface area (Å²) >= 11 is 5.41.